The zero-order chi connectivity index (χ0) is 32.3. The van der Waals surface area contributed by atoms with Crippen molar-refractivity contribution < 1.29 is 0 Å². The molecule has 0 amide bonds. The van der Waals surface area contributed by atoms with Gasteiger partial charge in [-0.25, -0.2) is 0 Å². The molecule has 0 saturated heterocycles. The molecule has 0 fully saturated rings. The van der Waals surface area contributed by atoms with Gasteiger partial charge >= 0.3 is 0 Å². The molecule has 1 heteroatoms. The third kappa shape index (κ3) is 4.40. The molecule has 0 aromatic heterocycles. The normalized spacial score (nSPS) is 11.7. The number of anilines is 3. The van der Waals surface area contributed by atoms with E-state index in [1.165, 1.54) is 76.8 Å². The molecule has 1 aliphatic rings. The SMILES string of the molecule is c1ccc(-c2ccc(N(c3ccc4c(c3)-c3ccccc3-c3cccc5cc6ccccc6c-4c35)c3cccc4ccccc34)cc2)cc1. The van der Waals surface area contributed by atoms with Gasteiger partial charge in [0.2, 0.25) is 0 Å². The largest absolute Gasteiger partial charge is 0.310 e. The van der Waals surface area contributed by atoms with Crippen molar-refractivity contribution in [2.75, 3.05) is 4.90 Å². The molecule has 0 aliphatic heterocycles. The summed E-state index contributed by atoms with van der Waals surface area (Å²) in [6.45, 7) is 0. The fraction of sp³-hybridized carbons (Fsp3) is 0. The molecule has 0 heterocycles. The van der Waals surface area contributed by atoms with E-state index >= 15 is 0 Å². The summed E-state index contributed by atoms with van der Waals surface area (Å²) >= 11 is 0. The molecule has 9 aromatic carbocycles. The second kappa shape index (κ2) is 11.1. The van der Waals surface area contributed by atoms with Crippen molar-refractivity contribution in [3.8, 4) is 44.5 Å². The van der Waals surface area contributed by atoms with Crippen molar-refractivity contribution in [2.45, 2.75) is 0 Å². The molecule has 0 unspecified atom stereocenters. The predicted octanol–water partition coefficient (Wildman–Crippen LogP) is 13.6. The van der Waals surface area contributed by atoms with Crippen LogP contribution in [0.25, 0.3) is 76.8 Å². The van der Waals surface area contributed by atoms with Crippen LogP contribution in [0, 0.1) is 0 Å². The Kier molecular flexibility index (Phi) is 6.25. The van der Waals surface area contributed by atoms with E-state index in [1.54, 1.807) is 0 Å². The van der Waals surface area contributed by atoms with Gasteiger partial charge in [0.15, 0.2) is 0 Å². The van der Waals surface area contributed by atoms with E-state index in [0.29, 0.717) is 0 Å². The summed E-state index contributed by atoms with van der Waals surface area (Å²) in [6.07, 6.45) is 0. The maximum atomic E-state index is 2.43. The minimum Gasteiger partial charge on any atom is -0.310 e. The molecular formula is C48H31N. The van der Waals surface area contributed by atoms with Crippen molar-refractivity contribution >= 4 is 49.4 Å². The van der Waals surface area contributed by atoms with Crippen molar-refractivity contribution in [1.82, 2.24) is 0 Å². The zero-order valence-electron chi connectivity index (χ0n) is 26.8. The van der Waals surface area contributed by atoms with Crippen LogP contribution in [0.1, 0.15) is 0 Å². The van der Waals surface area contributed by atoms with Crippen molar-refractivity contribution in [3.63, 3.8) is 0 Å². The lowest BCUT2D eigenvalue weighted by Crippen LogP contribution is -2.11. The molecule has 0 N–H and O–H groups in total. The van der Waals surface area contributed by atoms with Crippen LogP contribution >= 0.6 is 0 Å². The molecule has 49 heavy (non-hydrogen) atoms. The Hall–Kier alpha value is -6.44. The van der Waals surface area contributed by atoms with E-state index in [1.807, 2.05) is 0 Å². The first kappa shape index (κ1) is 27.7. The third-order valence-electron chi connectivity index (χ3n) is 10.2. The quantitative estimate of drug-likeness (QED) is 0.177. The van der Waals surface area contributed by atoms with E-state index < -0.39 is 0 Å². The maximum absolute atomic E-state index is 2.43. The van der Waals surface area contributed by atoms with Crippen molar-refractivity contribution in [1.29, 1.82) is 0 Å². The van der Waals surface area contributed by atoms with Crippen LogP contribution in [0.5, 0.6) is 0 Å². The number of nitrogens with zero attached hydrogens (tertiary/aromatic N) is 1. The van der Waals surface area contributed by atoms with Gasteiger partial charge in [0.25, 0.3) is 0 Å². The number of rotatable bonds is 4. The van der Waals surface area contributed by atoms with Gasteiger partial charge in [-0.05, 0) is 108 Å². The van der Waals surface area contributed by atoms with Gasteiger partial charge in [-0.15, -0.1) is 0 Å². The van der Waals surface area contributed by atoms with Gasteiger partial charge in [-0.3, -0.25) is 0 Å². The van der Waals surface area contributed by atoms with E-state index in [4.69, 9.17) is 0 Å². The third-order valence-corrected chi connectivity index (χ3v) is 10.2. The molecule has 0 spiro atoms. The van der Waals surface area contributed by atoms with Gasteiger partial charge in [0.05, 0.1) is 5.69 Å². The Labute approximate surface area is 286 Å². The highest BCUT2D eigenvalue weighted by atomic mass is 15.1. The van der Waals surface area contributed by atoms with E-state index in [9.17, 15) is 0 Å². The fourth-order valence-corrected chi connectivity index (χ4v) is 7.96. The number of hydrogen-bond donors (Lipinski definition) is 0. The molecule has 10 rings (SSSR count). The number of benzene rings is 9. The molecule has 228 valence electrons. The van der Waals surface area contributed by atoms with Crippen LogP contribution < -0.4 is 4.90 Å². The first-order valence-electron chi connectivity index (χ1n) is 16.9. The minimum absolute atomic E-state index is 1.12. The average Bonchev–Trinajstić information content (AvgIpc) is 3.29. The predicted molar refractivity (Wildman–Crippen MR) is 209 cm³/mol. The molecule has 1 nitrogen and oxygen atoms in total. The molecule has 0 saturated carbocycles. The monoisotopic (exact) mass is 621 g/mol. The van der Waals surface area contributed by atoms with Gasteiger partial charge in [-0.2, -0.15) is 0 Å². The molecule has 0 atom stereocenters. The number of fused-ring (bicyclic) bond motifs is 8. The van der Waals surface area contributed by atoms with Crippen LogP contribution in [0.15, 0.2) is 188 Å². The molecule has 1 aliphatic carbocycles. The van der Waals surface area contributed by atoms with Gasteiger partial charge in [0.1, 0.15) is 0 Å². The second-order valence-electron chi connectivity index (χ2n) is 12.9. The summed E-state index contributed by atoms with van der Waals surface area (Å²) < 4.78 is 0. The lowest BCUT2D eigenvalue weighted by molar-refractivity contribution is 1.30. The van der Waals surface area contributed by atoms with Crippen LogP contribution in [-0.2, 0) is 0 Å². The number of hydrogen-bond acceptors (Lipinski definition) is 1. The highest BCUT2D eigenvalue weighted by molar-refractivity contribution is 6.22. The van der Waals surface area contributed by atoms with Gasteiger partial charge in [-0.1, -0.05) is 152 Å². The van der Waals surface area contributed by atoms with Gasteiger partial charge < -0.3 is 4.90 Å². The fourth-order valence-electron chi connectivity index (χ4n) is 7.96. The Balaban J connectivity index is 1.25. The molecule has 0 radical (unpaired) electrons. The van der Waals surface area contributed by atoms with E-state index in [-0.39, 0.29) is 0 Å². The maximum Gasteiger partial charge on any atom is 0.0540 e. The summed E-state index contributed by atoms with van der Waals surface area (Å²) in [6, 6.07) is 68.9. The summed E-state index contributed by atoms with van der Waals surface area (Å²) in [5.41, 5.74) is 13.4. The lowest BCUT2D eigenvalue weighted by Gasteiger charge is -2.28. The Morgan fingerprint density at radius 3 is 1.73 bits per heavy atom. The first-order chi connectivity index (χ1) is 24.3. The Bertz CT molecular complexity index is 2700. The zero-order valence-corrected chi connectivity index (χ0v) is 26.8. The van der Waals surface area contributed by atoms with E-state index in [2.05, 4.69) is 193 Å². The second-order valence-corrected chi connectivity index (χ2v) is 12.9. The summed E-state index contributed by atoms with van der Waals surface area (Å²) in [7, 11) is 0. The summed E-state index contributed by atoms with van der Waals surface area (Å²) in [4.78, 5) is 2.43. The first-order valence-corrected chi connectivity index (χ1v) is 16.9. The van der Waals surface area contributed by atoms with Crippen LogP contribution in [0.2, 0.25) is 0 Å². The highest BCUT2D eigenvalue weighted by Crippen LogP contribution is 2.52. The topological polar surface area (TPSA) is 3.24 Å². The smallest absolute Gasteiger partial charge is 0.0540 e. The standard InChI is InChI=1S/C48H31N/c1-2-12-32(13-3-1)33-24-26-37(27-25-33)49(46-23-11-16-34-14-4-6-18-39(34)46)38-28-29-44-45(31-38)42-21-9-8-20-41(42)43-22-10-17-36-30-35-15-5-7-19-40(35)48(44)47(36)43/h1-31H. The lowest BCUT2D eigenvalue weighted by atomic mass is 9.89. The van der Waals surface area contributed by atoms with Crippen molar-refractivity contribution in [3.05, 3.63) is 188 Å². The Morgan fingerprint density at radius 1 is 0.306 bits per heavy atom. The Morgan fingerprint density at radius 2 is 0.898 bits per heavy atom. The summed E-state index contributed by atoms with van der Waals surface area (Å²) in [5, 5.41) is 7.58. The summed E-state index contributed by atoms with van der Waals surface area (Å²) in [5.74, 6) is 0. The molecular weight excluding hydrogens is 591 g/mol. The molecule has 0 bridgehead atoms. The van der Waals surface area contributed by atoms with Crippen LogP contribution in [0.4, 0.5) is 17.1 Å². The minimum atomic E-state index is 1.12. The average molecular weight is 622 g/mol. The molecule has 9 aromatic rings. The van der Waals surface area contributed by atoms with Crippen molar-refractivity contribution in [2.24, 2.45) is 0 Å². The van der Waals surface area contributed by atoms with Crippen LogP contribution in [-0.4, -0.2) is 0 Å². The highest BCUT2D eigenvalue weighted by Gasteiger charge is 2.25. The van der Waals surface area contributed by atoms with E-state index in [0.717, 1.165) is 17.1 Å². The van der Waals surface area contributed by atoms with Gasteiger partial charge in [0, 0.05) is 16.8 Å². The van der Waals surface area contributed by atoms with Crippen LogP contribution in [0.3, 0.4) is 0 Å².